The van der Waals surface area contributed by atoms with Gasteiger partial charge in [-0.25, -0.2) is 14.7 Å². The van der Waals surface area contributed by atoms with E-state index in [4.69, 9.17) is 9.47 Å². The minimum absolute atomic E-state index is 0.0674. The summed E-state index contributed by atoms with van der Waals surface area (Å²) in [6.45, 7) is 5.37. The van der Waals surface area contributed by atoms with E-state index in [1.165, 1.54) is 17.0 Å². The number of ether oxygens (including phenoxy) is 3. The van der Waals surface area contributed by atoms with Gasteiger partial charge in [0.2, 0.25) is 0 Å². The number of imide groups is 1. The van der Waals surface area contributed by atoms with Gasteiger partial charge >= 0.3 is 12.4 Å². The minimum atomic E-state index is -4.94. The maximum absolute atomic E-state index is 13.6. The van der Waals surface area contributed by atoms with E-state index in [0.717, 1.165) is 29.7 Å². The second kappa shape index (κ2) is 10.4. The number of anilines is 2. The van der Waals surface area contributed by atoms with Crippen LogP contribution in [0.15, 0.2) is 36.5 Å². The SMILES string of the molecule is CN(C)CCOc1cc(N2C(=O)N(Cc3ccnc(NC4C5COCC54)c3)C(C)(C)C2=O)ccc1OC(F)(F)F. The number of benzene rings is 1. The summed E-state index contributed by atoms with van der Waals surface area (Å²) >= 11 is 0. The van der Waals surface area contributed by atoms with Crippen molar-refractivity contribution in [2.24, 2.45) is 11.8 Å². The molecule has 2 aliphatic heterocycles. The predicted molar refractivity (Wildman–Crippen MR) is 139 cm³/mol. The molecule has 216 valence electrons. The van der Waals surface area contributed by atoms with Gasteiger partial charge in [-0.1, -0.05) is 0 Å². The molecule has 3 heterocycles. The average Bonchev–Trinajstić information content (AvgIpc) is 3.20. The Morgan fingerprint density at radius 3 is 2.52 bits per heavy atom. The van der Waals surface area contributed by atoms with Crippen molar-refractivity contribution in [3.05, 3.63) is 42.1 Å². The number of halogens is 3. The summed E-state index contributed by atoms with van der Waals surface area (Å²) in [5.74, 6) is 0.353. The number of urea groups is 1. The third kappa shape index (κ3) is 5.66. The Labute approximate surface area is 230 Å². The van der Waals surface area contributed by atoms with Gasteiger partial charge in [0, 0.05) is 43.2 Å². The molecule has 0 spiro atoms. The average molecular weight is 564 g/mol. The molecular formula is C27H32F3N5O5. The molecule has 1 aromatic carbocycles. The van der Waals surface area contributed by atoms with E-state index >= 15 is 0 Å². The topological polar surface area (TPSA) is 96.5 Å². The molecular weight excluding hydrogens is 531 g/mol. The van der Waals surface area contributed by atoms with Gasteiger partial charge in [0.25, 0.3) is 5.91 Å². The van der Waals surface area contributed by atoms with Crippen LogP contribution in [0.5, 0.6) is 11.5 Å². The Morgan fingerprint density at radius 2 is 1.85 bits per heavy atom. The van der Waals surface area contributed by atoms with Crippen molar-refractivity contribution in [3.63, 3.8) is 0 Å². The molecule has 0 bridgehead atoms. The first kappa shape index (κ1) is 28.0. The van der Waals surface area contributed by atoms with Crippen LogP contribution < -0.4 is 19.7 Å². The molecule has 2 saturated heterocycles. The summed E-state index contributed by atoms with van der Waals surface area (Å²) in [5.41, 5.74) is -0.358. The van der Waals surface area contributed by atoms with Gasteiger partial charge in [0.05, 0.1) is 18.9 Å². The van der Waals surface area contributed by atoms with E-state index in [1.54, 1.807) is 45.1 Å². The Hall–Kier alpha value is -3.58. The van der Waals surface area contributed by atoms with Crippen LogP contribution in [-0.4, -0.2) is 85.1 Å². The molecule has 1 saturated carbocycles. The number of aromatic nitrogens is 1. The molecule has 2 unspecified atom stereocenters. The van der Waals surface area contributed by atoms with Gasteiger partial charge in [-0.15, -0.1) is 13.2 Å². The number of hydrogen-bond donors (Lipinski definition) is 1. The van der Waals surface area contributed by atoms with E-state index in [0.29, 0.717) is 30.2 Å². The van der Waals surface area contributed by atoms with E-state index in [9.17, 15) is 22.8 Å². The molecule has 1 aliphatic carbocycles. The molecule has 5 rings (SSSR count). The monoisotopic (exact) mass is 563 g/mol. The quantitative estimate of drug-likeness (QED) is 0.437. The van der Waals surface area contributed by atoms with Gasteiger partial charge < -0.3 is 29.3 Å². The number of hydrogen-bond acceptors (Lipinski definition) is 8. The molecule has 40 heavy (non-hydrogen) atoms. The molecule has 2 atom stereocenters. The van der Waals surface area contributed by atoms with Crippen LogP contribution in [0.3, 0.4) is 0 Å². The second-order valence-electron chi connectivity index (χ2n) is 11.0. The summed E-state index contributed by atoms with van der Waals surface area (Å²) in [7, 11) is 3.58. The smallest absolute Gasteiger partial charge is 0.488 e. The lowest BCUT2D eigenvalue weighted by atomic mass is 10.0. The molecule has 13 heteroatoms. The largest absolute Gasteiger partial charge is 0.573 e. The normalized spacial score (nSPS) is 23.6. The number of fused-ring (bicyclic) bond motifs is 1. The summed E-state index contributed by atoms with van der Waals surface area (Å²) in [6.07, 6.45) is -3.29. The third-order valence-electron chi connectivity index (χ3n) is 7.46. The highest BCUT2D eigenvalue weighted by Crippen LogP contribution is 2.46. The highest BCUT2D eigenvalue weighted by atomic mass is 19.4. The van der Waals surface area contributed by atoms with E-state index < -0.39 is 29.6 Å². The van der Waals surface area contributed by atoms with E-state index in [1.807, 2.05) is 6.07 Å². The number of carbonyl (C=O) groups is 2. The molecule has 2 aromatic rings. The van der Waals surface area contributed by atoms with Crippen LogP contribution in [0, 0.1) is 11.8 Å². The van der Waals surface area contributed by atoms with Crippen LogP contribution in [0.25, 0.3) is 0 Å². The Kier molecular flexibility index (Phi) is 7.29. The third-order valence-corrected chi connectivity index (χ3v) is 7.46. The summed E-state index contributed by atoms with van der Waals surface area (Å²) in [6, 6.07) is 6.85. The number of alkyl halides is 3. The molecule has 0 radical (unpaired) electrons. The lowest BCUT2D eigenvalue weighted by molar-refractivity contribution is -0.275. The number of rotatable bonds is 10. The highest BCUT2D eigenvalue weighted by molar-refractivity contribution is 6.23. The lowest BCUT2D eigenvalue weighted by Gasteiger charge is -2.27. The van der Waals surface area contributed by atoms with Gasteiger partial charge in [0.1, 0.15) is 18.0 Å². The Balaban J connectivity index is 1.35. The van der Waals surface area contributed by atoms with Crippen molar-refractivity contribution < 1.29 is 37.0 Å². The van der Waals surface area contributed by atoms with Crippen molar-refractivity contribution in [1.82, 2.24) is 14.8 Å². The number of nitrogens with one attached hydrogen (secondary N) is 1. The number of nitrogens with zero attached hydrogens (tertiary/aromatic N) is 4. The summed E-state index contributed by atoms with van der Waals surface area (Å²) < 4.78 is 54.1. The number of carbonyl (C=O) groups excluding carboxylic acids is 2. The number of likely N-dealkylation sites (N-methyl/N-ethyl adjacent to an activating group) is 1. The predicted octanol–water partition coefficient (Wildman–Crippen LogP) is 3.72. The first-order valence-corrected chi connectivity index (χ1v) is 13.0. The van der Waals surface area contributed by atoms with Crippen LogP contribution in [-0.2, 0) is 16.1 Å². The zero-order valence-electron chi connectivity index (χ0n) is 22.7. The zero-order valence-corrected chi connectivity index (χ0v) is 22.7. The summed E-state index contributed by atoms with van der Waals surface area (Å²) in [5, 5.41) is 3.43. The first-order valence-electron chi connectivity index (χ1n) is 13.0. The van der Waals surface area contributed by atoms with Crippen LogP contribution >= 0.6 is 0 Å². The fourth-order valence-electron chi connectivity index (χ4n) is 5.08. The van der Waals surface area contributed by atoms with Crippen molar-refractivity contribution >= 4 is 23.4 Å². The van der Waals surface area contributed by atoms with Gasteiger partial charge in [-0.2, -0.15) is 0 Å². The maximum Gasteiger partial charge on any atom is 0.573 e. The zero-order chi connectivity index (χ0) is 28.8. The fraction of sp³-hybridized carbons (Fsp3) is 0.519. The second-order valence-corrected chi connectivity index (χ2v) is 11.0. The summed E-state index contributed by atoms with van der Waals surface area (Å²) in [4.78, 5) is 35.6. The first-order chi connectivity index (χ1) is 18.8. The van der Waals surface area contributed by atoms with Crippen molar-refractivity contribution in [2.75, 3.05) is 50.7 Å². The van der Waals surface area contributed by atoms with Gasteiger partial charge in [0.15, 0.2) is 11.5 Å². The van der Waals surface area contributed by atoms with Crippen LogP contribution in [0.2, 0.25) is 0 Å². The maximum atomic E-state index is 13.6. The van der Waals surface area contributed by atoms with Crippen LogP contribution in [0.1, 0.15) is 19.4 Å². The molecule has 3 amide bonds. The minimum Gasteiger partial charge on any atom is -0.488 e. The fourth-order valence-corrected chi connectivity index (χ4v) is 5.08. The molecule has 3 fully saturated rings. The lowest BCUT2D eigenvalue weighted by Crippen LogP contribution is -2.43. The van der Waals surface area contributed by atoms with Gasteiger partial charge in [-0.3, -0.25) is 4.79 Å². The van der Waals surface area contributed by atoms with Crippen molar-refractivity contribution in [2.45, 2.75) is 38.3 Å². The van der Waals surface area contributed by atoms with E-state index in [2.05, 4.69) is 15.0 Å². The van der Waals surface area contributed by atoms with Crippen molar-refractivity contribution in [3.8, 4) is 11.5 Å². The highest BCUT2D eigenvalue weighted by Gasteiger charge is 2.54. The van der Waals surface area contributed by atoms with Crippen molar-refractivity contribution in [1.29, 1.82) is 0 Å². The Morgan fingerprint density at radius 1 is 1.12 bits per heavy atom. The number of pyridine rings is 1. The molecule has 1 N–H and O–H groups in total. The van der Waals surface area contributed by atoms with Crippen LogP contribution in [0.4, 0.5) is 29.5 Å². The molecule has 10 nitrogen and oxygen atoms in total. The van der Waals surface area contributed by atoms with E-state index in [-0.39, 0.29) is 24.6 Å². The standard InChI is InChI=1S/C27H32F3N5O5/c1-26(2)24(36)35(17-5-6-20(40-27(28,29)30)21(12-17)39-10-9-33(3)4)25(37)34(26)13-16-7-8-31-22(11-16)32-23-18-14-38-15-19(18)23/h5-8,11-12,18-19,23H,9-10,13-15H2,1-4H3,(H,31,32). The van der Waals surface area contributed by atoms with Gasteiger partial charge in [-0.05, 0) is 57.8 Å². The number of amides is 3. The molecule has 3 aliphatic rings. The molecule has 1 aromatic heterocycles. The Bertz CT molecular complexity index is 1280.